The number of hydrogen-bond donors (Lipinski definition) is 2. The van der Waals surface area contributed by atoms with Gasteiger partial charge in [-0.3, -0.25) is 0 Å². The lowest BCUT2D eigenvalue weighted by Crippen LogP contribution is -2.45. The van der Waals surface area contributed by atoms with Crippen LogP contribution in [-0.4, -0.2) is 39.5 Å². The maximum atomic E-state index is 9.38. The standard InChI is InChI=1S/C13H23N3OS/c1-4-15-13(3,10-17)7-5-9-18-12-14-8-6-11(2)16-12/h6,8,15,17H,4-5,7,9-10H2,1-3H3. The van der Waals surface area contributed by atoms with Crippen molar-refractivity contribution in [1.29, 1.82) is 0 Å². The van der Waals surface area contributed by atoms with Crippen molar-refractivity contribution in [2.45, 2.75) is 44.3 Å². The largest absolute Gasteiger partial charge is 0.394 e. The van der Waals surface area contributed by atoms with E-state index in [0.29, 0.717) is 0 Å². The maximum absolute atomic E-state index is 9.38. The van der Waals surface area contributed by atoms with Crippen molar-refractivity contribution >= 4 is 11.8 Å². The second-order valence-electron chi connectivity index (χ2n) is 4.68. The van der Waals surface area contributed by atoms with Gasteiger partial charge in [-0.2, -0.15) is 0 Å². The molecule has 0 saturated heterocycles. The molecule has 18 heavy (non-hydrogen) atoms. The Morgan fingerprint density at radius 1 is 1.50 bits per heavy atom. The number of aromatic nitrogens is 2. The van der Waals surface area contributed by atoms with Crippen LogP contribution in [0.4, 0.5) is 0 Å². The summed E-state index contributed by atoms with van der Waals surface area (Å²) in [4.78, 5) is 8.57. The van der Waals surface area contributed by atoms with Gasteiger partial charge in [-0.25, -0.2) is 9.97 Å². The molecule has 1 rings (SSSR count). The summed E-state index contributed by atoms with van der Waals surface area (Å²) in [7, 11) is 0. The second kappa shape index (κ2) is 7.71. The van der Waals surface area contributed by atoms with Crippen LogP contribution < -0.4 is 5.32 Å². The van der Waals surface area contributed by atoms with Crippen LogP contribution in [0, 0.1) is 6.92 Å². The minimum Gasteiger partial charge on any atom is -0.394 e. The number of likely N-dealkylation sites (N-methyl/N-ethyl adjacent to an activating group) is 1. The lowest BCUT2D eigenvalue weighted by atomic mass is 9.97. The van der Waals surface area contributed by atoms with E-state index in [-0.39, 0.29) is 12.1 Å². The molecule has 1 heterocycles. The molecule has 0 fully saturated rings. The normalized spacial score (nSPS) is 14.4. The van der Waals surface area contributed by atoms with Crippen LogP contribution >= 0.6 is 11.8 Å². The first-order chi connectivity index (χ1) is 8.59. The molecule has 0 amide bonds. The quantitative estimate of drug-likeness (QED) is 0.429. The Morgan fingerprint density at radius 3 is 2.89 bits per heavy atom. The molecule has 1 aromatic heterocycles. The van der Waals surface area contributed by atoms with Gasteiger partial charge in [0.25, 0.3) is 0 Å². The predicted molar refractivity (Wildman–Crippen MR) is 75.9 cm³/mol. The van der Waals surface area contributed by atoms with Crippen molar-refractivity contribution in [1.82, 2.24) is 15.3 Å². The molecule has 0 bridgehead atoms. The number of thioether (sulfide) groups is 1. The van der Waals surface area contributed by atoms with Crippen LogP contribution in [-0.2, 0) is 0 Å². The van der Waals surface area contributed by atoms with E-state index in [0.717, 1.165) is 36.0 Å². The molecule has 0 aliphatic rings. The average Bonchev–Trinajstić information content (AvgIpc) is 2.35. The highest BCUT2D eigenvalue weighted by molar-refractivity contribution is 7.99. The Balaban J connectivity index is 2.30. The van der Waals surface area contributed by atoms with E-state index < -0.39 is 0 Å². The Kier molecular flexibility index (Phi) is 6.60. The minimum atomic E-state index is -0.164. The third-order valence-corrected chi connectivity index (χ3v) is 3.78. The molecule has 0 saturated carbocycles. The van der Waals surface area contributed by atoms with E-state index in [1.54, 1.807) is 18.0 Å². The third-order valence-electron chi connectivity index (χ3n) is 2.83. The summed E-state index contributed by atoms with van der Waals surface area (Å²) in [6, 6.07) is 1.90. The monoisotopic (exact) mass is 269 g/mol. The molecule has 0 aromatic carbocycles. The predicted octanol–water partition coefficient (Wildman–Crippen LogP) is 2.02. The molecule has 0 aliphatic carbocycles. The number of nitrogens with one attached hydrogen (secondary N) is 1. The zero-order chi connectivity index (χ0) is 13.4. The number of aliphatic hydroxyl groups excluding tert-OH is 1. The van der Waals surface area contributed by atoms with Gasteiger partial charge in [-0.1, -0.05) is 18.7 Å². The van der Waals surface area contributed by atoms with Gasteiger partial charge in [-0.15, -0.1) is 0 Å². The highest BCUT2D eigenvalue weighted by atomic mass is 32.2. The molecule has 0 aliphatic heterocycles. The van der Waals surface area contributed by atoms with Crippen LogP contribution in [0.25, 0.3) is 0 Å². The Labute approximate surface area is 114 Å². The van der Waals surface area contributed by atoms with Gasteiger partial charge in [0.1, 0.15) is 0 Å². The van der Waals surface area contributed by atoms with Gasteiger partial charge >= 0.3 is 0 Å². The summed E-state index contributed by atoms with van der Waals surface area (Å²) in [5, 5.41) is 13.5. The molecule has 2 N–H and O–H groups in total. The van der Waals surface area contributed by atoms with Gasteiger partial charge in [0.2, 0.25) is 0 Å². The fourth-order valence-electron chi connectivity index (χ4n) is 1.77. The van der Waals surface area contributed by atoms with Gasteiger partial charge < -0.3 is 10.4 Å². The topological polar surface area (TPSA) is 58.0 Å². The zero-order valence-corrected chi connectivity index (χ0v) is 12.3. The van der Waals surface area contributed by atoms with Crippen LogP contribution in [0.15, 0.2) is 17.4 Å². The highest BCUT2D eigenvalue weighted by Crippen LogP contribution is 2.18. The first-order valence-corrected chi connectivity index (χ1v) is 7.36. The number of hydrogen-bond acceptors (Lipinski definition) is 5. The van der Waals surface area contributed by atoms with Crippen molar-refractivity contribution in [2.24, 2.45) is 0 Å². The second-order valence-corrected chi connectivity index (χ2v) is 5.74. The summed E-state index contributed by atoms with van der Waals surface area (Å²) in [6.45, 7) is 7.14. The molecule has 0 spiro atoms. The Hall–Kier alpha value is -0.650. The molecule has 0 radical (unpaired) electrons. The van der Waals surface area contributed by atoms with E-state index in [1.165, 1.54) is 0 Å². The van der Waals surface area contributed by atoms with Crippen LogP contribution in [0.5, 0.6) is 0 Å². The Bertz CT molecular complexity index is 362. The van der Waals surface area contributed by atoms with Gasteiger partial charge in [-0.05, 0) is 39.3 Å². The molecular formula is C13H23N3OS. The number of nitrogens with zero attached hydrogens (tertiary/aromatic N) is 2. The first kappa shape index (κ1) is 15.4. The summed E-state index contributed by atoms with van der Waals surface area (Å²) in [5.74, 6) is 0.977. The maximum Gasteiger partial charge on any atom is 0.187 e. The average molecular weight is 269 g/mol. The molecule has 5 heteroatoms. The number of aliphatic hydroxyl groups is 1. The van der Waals surface area contributed by atoms with Crippen molar-refractivity contribution < 1.29 is 5.11 Å². The van der Waals surface area contributed by atoms with Crippen molar-refractivity contribution in [3.05, 3.63) is 18.0 Å². The molecule has 102 valence electrons. The van der Waals surface area contributed by atoms with Crippen LogP contribution in [0.1, 0.15) is 32.4 Å². The van der Waals surface area contributed by atoms with Gasteiger partial charge in [0.05, 0.1) is 6.61 Å². The van der Waals surface area contributed by atoms with E-state index in [9.17, 15) is 5.11 Å². The smallest absolute Gasteiger partial charge is 0.187 e. The van der Waals surface area contributed by atoms with Crippen molar-refractivity contribution in [3.63, 3.8) is 0 Å². The number of aryl methyl sites for hydroxylation is 1. The first-order valence-electron chi connectivity index (χ1n) is 6.38. The van der Waals surface area contributed by atoms with E-state index in [4.69, 9.17) is 0 Å². The molecule has 1 atom stereocenters. The van der Waals surface area contributed by atoms with Crippen LogP contribution in [0.2, 0.25) is 0 Å². The Morgan fingerprint density at radius 2 is 2.28 bits per heavy atom. The van der Waals surface area contributed by atoms with Crippen LogP contribution in [0.3, 0.4) is 0 Å². The minimum absolute atomic E-state index is 0.164. The van der Waals surface area contributed by atoms with E-state index in [1.807, 2.05) is 13.0 Å². The number of rotatable bonds is 8. The van der Waals surface area contributed by atoms with Crippen molar-refractivity contribution in [2.75, 3.05) is 18.9 Å². The molecule has 1 aromatic rings. The lowest BCUT2D eigenvalue weighted by Gasteiger charge is -2.28. The highest BCUT2D eigenvalue weighted by Gasteiger charge is 2.20. The van der Waals surface area contributed by atoms with Crippen molar-refractivity contribution in [3.8, 4) is 0 Å². The van der Waals surface area contributed by atoms with Gasteiger partial charge in [0, 0.05) is 23.2 Å². The molecule has 4 nitrogen and oxygen atoms in total. The zero-order valence-electron chi connectivity index (χ0n) is 11.4. The van der Waals surface area contributed by atoms with E-state index >= 15 is 0 Å². The fraction of sp³-hybridized carbons (Fsp3) is 0.692. The fourth-order valence-corrected chi connectivity index (χ4v) is 2.59. The van der Waals surface area contributed by atoms with E-state index in [2.05, 4.69) is 29.1 Å². The summed E-state index contributed by atoms with van der Waals surface area (Å²) in [6.07, 6.45) is 3.78. The lowest BCUT2D eigenvalue weighted by molar-refractivity contribution is 0.167. The summed E-state index contributed by atoms with van der Waals surface area (Å²) >= 11 is 1.67. The molecular weight excluding hydrogens is 246 g/mol. The molecule has 1 unspecified atom stereocenters. The SMILES string of the molecule is CCNC(C)(CO)CCCSc1nccc(C)n1. The summed E-state index contributed by atoms with van der Waals surface area (Å²) < 4.78 is 0. The van der Waals surface area contributed by atoms with Gasteiger partial charge in [0.15, 0.2) is 5.16 Å². The summed E-state index contributed by atoms with van der Waals surface area (Å²) in [5.41, 5.74) is 0.836. The third kappa shape index (κ3) is 5.33.